The van der Waals surface area contributed by atoms with Crippen LogP contribution in [-0.2, 0) is 14.3 Å². The third kappa shape index (κ3) is 6.63. The van der Waals surface area contributed by atoms with Crippen LogP contribution in [-0.4, -0.2) is 61.5 Å². The first-order valence-electron chi connectivity index (χ1n) is 11.5. The largest absolute Gasteiger partial charge is 0.487 e. The summed E-state index contributed by atoms with van der Waals surface area (Å²) in [6.07, 6.45) is 4.57. The number of hydrogen-bond acceptors (Lipinski definition) is 8. The fourth-order valence-electron chi connectivity index (χ4n) is 3.47. The van der Waals surface area contributed by atoms with Crippen LogP contribution in [0.4, 0.5) is 5.69 Å². The molecule has 192 valence electrons. The molecule has 0 aliphatic carbocycles. The maximum atomic E-state index is 11.6. The van der Waals surface area contributed by atoms with Gasteiger partial charge in [0.1, 0.15) is 24.5 Å². The van der Waals surface area contributed by atoms with E-state index in [2.05, 4.69) is 26.8 Å². The molecule has 0 unspecified atom stereocenters. The molecule has 0 spiro atoms. The van der Waals surface area contributed by atoms with E-state index in [9.17, 15) is 4.79 Å². The smallest absolute Gasteiger partial charge is 0.247 e. The Morgan fingerprint density at radius 2 is 1.81 bits per heavy atom. The van der Waals surface area contributed by atoms with Crippen molar-refractivity contribution in [1.29, 1.82) is 0 Å². The second-order valence-corrected chi connectivity index (χ2v) is 7.78. The van der Waals surface area contributed by atoms with Gasteiger partial charge in [-0.3, -0.25) is 4.79 Å². The minimum atomic E-state index is -0.309. The lowest BCUT2D eigenvalue weighted by Gasteiger charge is -2.14. The van der Waals surface area contributed by atoms with Gasteiger partial charge in [0.05, 0.1) is 19.4 Å². The number of aromatic nitrogens is 3. The van der Waals surface area contributed by atoms with Crippen LogP contribution in [0.15, 0.2) is 67.5 Å². The minimum absolute atomic E-state index is 0.302. The topological polar surface area (TPSA) is 117 Å². The zero-order valence-corrected chi connectivity index (χ0v) is 20.7. The number of anilines is 1. The van der Waals surface area contributed by atoms with Crippen molar-refractivity contribution in [2.75, 3.05) is 46.0 Å². The Bertz CT molecular complexity index is 1370. The highest BCUT2D eigenvalue weighted by Crippen LogP contribution is 2.36. The highest BCUT2D eigenvalue weighted by Gasteiger charge is 2.14. The summed E-state index contributed by atoms with van der Waals surface area (Å²) in [5, 5.41) is 2.70. The number of carbonyl (C=O) groups excluding carboxylic acids is 1. The number of H-pyrrole nitrogens is 1. The first kappa shape index (κ1) is 25.7. The molecule has 0 aliphatic rings. The van der Waals surface area contributed by atoms with E-state index in [-0.39, 0.29) is 5.91 Å². The second-order valence-electron chi connectivity index (χ2n) is 7.78. The van der Waals surface area contributed by atoms with E-state index in [1.165, 1.54) is 12.3 Å². The summed E-state index contributed by atoms with van der Waals surface area (Å²) in [5.41, 5.74) is 3.49. The third-order valence-electron chi connectivity index (χ3n) is 5.21. The monoisotopic (exact) mass is 504 g/mol. The highest BCUT2D eigenvalue weighted by molar-refractivity contribution is 5.99. The van der Waals surface area contributed by atoms with Gasteiger partial charge in [0.15, 0.2) is 17.1 Å². The molecule has 2 heterocycles. The number of hydrogen-bond donors (Lipinski definition) is 2. The molecule has 2 aromatic heterocycles. The van der Waals surface area contributed by atoms with E-state index in [1.54, 1.807) is 38.5 Å². The molecule has 10 nitrogen and oxygen atoms in total. The lowest BCUT2D eigenvalue weighted by molar-refractivity contribution is -0.111. The zero-order valence-electron chi connectivity index (χ0n) is 20.7. The first-order valence-corrected chi connectivity index (χ1v) is 11.5. The van der Waals surface area contributed by atoms with Gasteiger partial charge in [-0.2, -0.15) is 0 Å². The first-order chi connectivity index (χ1) is 18.1. The van der Waals surface area contributed by atoms with Gasteiger partial charge in [-0.15, -0.1) is 0 Å². The summed E-state index contributed by atoms with van der Waals surface area (Å²) in [5.74, 6) is 1.68. The molecule has 2 N–H and O–H groups in total. The van der Waals surface area contributed by atoms with Crippen molar-refractivity contribution in [3.05, 3.63) is 67.5 Å². The zero-order chi connectivity index (χ0) is 26.0. The van der Waals surface area contributed by atoms with Crippen LogP contribution >= 0.6 is 0 Å². The maximum Gasteiger partial charge on any atom is 0.247 e. The summed E-state index contributed by atoms with van der Waals surface area (Å²) < 4.78 is 27.8. The van der Waals surface area contributed by atoms with E-state index >= 15 is 0 Å². The Kier molecular flexibility index (Phi) is 8.69. The molecule has 0 fully saturated rings. The second kappa shape index (κ2) is 12.5. The van der Waals surface area contributed by atoms with Crippen LogP contribution in [0.3, 0.4) is 0 Å². The standard InChI is InChI=1S/C27H28N4O6/c1-4-24(32)30-19-6-5-7-20(15-19)37-25-17-29-27-26(31-25)21(16-28-27)18-8-9-22(35-12-10-33-2)23(14-18)36-13-11-34-3/h4-9,14-17H,1,10-13H2,2-3H3,(H,28,29)(H,30,32). The Morgan fingerprint density at radius 3 is 2.57 bits per heavy atom. The summed E-state index contributed by atoms with van der Waals surface area (Å²) in [7, 11) is 3.24. The van der Waals surface area contributed by atoms with Crippen LogP contribution in [0.5, 0.6) is 23.1 Å². The number of fused-ring (bicyclic) bond motifs is 1. The predicted octanol–water partition coefficient (Wildman–Crippen LogP) is 4.59. The van der Waals surface area contributed by atoms with Gasteiger partial charge in [0, 0.05) is 37.7 Å². The number of aromatic amines is 1. The Morgan fingerprint density at radius 1 is 1.03 bits per heavy atom. The third-order valence-corrected chi connectivity index (χ3v) is 5.21. The number of rotatable bonds is 13. The summed E-state index contributed by atoms with van der Waals surface area (Å²) in [6, 6.07) is 12.6. The van der Waals surface area contributed by atoms with Gasteiger partial charge in [0.25, 0.3) is 0 Å². The van der Waals surface area contributed by atoms with Crippen molar-refractivity contribution in [2.45, 2.75) is 0 Å². The molecule has 1 amide bonds. The molecule has 4 aromatic rings. The lowest BCUT2D eigenvalue weighted by Crippen LogP contribution is -2.08. The molecule has 0 saturated carbocycles. The van der Waals surface area contributed by atoms with Gasteiger partial charge in [-0.25, -0.2) is 9.97 Å². The molecule has 0 radical (unpaired) electrons. The maximum absolute atomic E-state index is 11.6. The average Bonchev–Trinajstić information content (AvgIpc) is 3.33. The molecular formula is C27H28N4O6. The average molecular weight is 505 g/mol. The van der Waals surface area contributed by atoms with Crippen molar-refractivity contribution >= 4 is 22.8 Å². The van der Waals surface area contributed by atoms with E-state index in [1.807, 2.05) is 24.4 Å². The molecule has 0 bridgehead atoms. The van der Waals surface area contributed by atoms with Crippen molar-refractivity contribution < 1.29 is 28.5 Å². The van der Waals surface area contributed by atoms with E-state index in [4.69, 9.17) is 23.7 Å². The molecule has 4 rings (SSSR count). The summed E-state index contributed by atoms with van der Waals surface area (Å²) >= 11 is 0. The van der Waals surface area contributed by atoms with Crippen LogP contribution in [0.2, 0.25) is 0 Å². The number of nitrogens with one attached hydrogen (secondary N) is 2. The minimum Gasteiger partial charge on any atom is -0.487 e. The van der Waals surface area contributed by atoms with Crippen LogP contribution in [0.1, 0.15) is 0 Å². The number of methoxy groups -OCH3 is 2. The van der Waals surface area contributed by atoms with Crippen molar-refractivity contribution in [2.24, 2.45) is 0 Å². The van der Waals surface area contributed by atoms with Crippen molar-refractivity contribution in [3.8, 4) is 34.3 Å². The lowest BCUT2D eigenvalue weighted by atomic mass is 10.1. The molecule has 2 aromatic carbocycles. The predicted molar refractivity (Wildman–Crippen MR) is 139 cm³/mol. The van der Waals surface area contributed by atoms with Crippen LogP contribution in [0.25, 0.3) is 22.3 Å². The molecule has 0 saturated heterocycles. The number of benzene rings is 2. The Balaban J connectivity index is 1.61. The fourth-order valence-corrected chi connectivity index (χ4v) is 3.47. The van der Waals surface area contributed by atoms with E-state index < -0.39 is 0 Å². The van der Waals surface area contributed by atoms with E-state index in [0.29, 0.717) is 66.4 Å². The molecular weight excluding hydrogens is 476 g/mol. The van der Waals surface area contributed by atoms with Gasteiger partial charge in [0.2, 0.25) is 11.8 Å². The molecule has 0 aliphatic heterocycles. The van der Waals surface area contributed by atoms with Crippen LogP contribution < -0.4 is 19.5 Å². The quantitative estimate of drug-likeness (QED) is 0.201. The van der Waals surface area contributed by atoms with Crippen LogP contribution in [0, 0.1) is 0 Å². The molecule has 10 heteroatoms. The highest BCUT2D eigenvalue weighted by atomic mass is 16.5. The summed E-state index contributed by atoms with van der Waals surface area (Å²) in [4.78, 5) is 23.9. The fraction of sp³-hybridized carbons (Fsp3) is 0.222. The van der Waals surface area contributed by atoms with Gasteiger partial charge >= 0.3 is 0 Å². The van der Waals surface area contributed by atoms with Gasteiger partial charge in [-0.05, 0) is 35.9 Å². The number of ether oxygens (including phenoxy) is 5. The number of carbonyl (C=O) groups is 1. The normalized spacial score (nSPS) is 10.8. The van der Waals surface area contributed by atoms with E-state index in [0.717, 1.165) is 11.1 Å². The van der Waals surface area contributed by atoms with Gasteiger partial charge < -0.3 is 34.0 Å². The Hall–Kier alpha value is -4.41. The van der Waals surface area contributed by atoms with Crippen molar-refractivity contribution in [3.63, 3.8) is 0 Å². The van der Waals surface area contributed by atoms with Crippen molar-refractivity contribution in [1.82, 2.24) is 15.0 Å². The molecule has 0 atom stereocenters. The summed E-state index contributed by atoms with van der Waals surface area (Å²) in [6.45, 7) is 5.14. The Labute approximate surface area is 214 Å². The van der Waals surface area contributed by atoms with Gasteiger partial charge in [-0.1, -0.05) is 18.7 Å². The number of amides is 1. The molecule has 37 heavy (non-hydrogen) atoms. The number of nitrogens with zero attached hydrogens (tertiary/aromatic N) is 2. The SMILES string of the molecule is C=CC(=O)Nc1cccc(Oc2cnc3[nH]cc(-c4ccc(OCCOC)c(OCCOC)c4)c3n2)c1.